The van der Waals surface area contributed by atoms with Gasteiger partial charge in [0.05, 0.1) is 13.2 Å². The lowest BCUT2D eigenvalue weighted by molar-refractivity contribution is 0.138. The number of rotatable bonds is 8. The molecule has 0 aromatic heterocycles. The van der Waals surface area contributed by atoms with Crippen LogP contribution in [0.15, 0.2) is 18.2 Å². The van der Waals surface area contributed by atoms with Gasteiger partial charge in [0.2, 0.25) is 0 Å². The van der Waals surface area contributed by atoms with Crippen LogP contribution >= 0.6 is 0 Å². The van der Waals surface area contributed by atoms with E-state index >= 15 is 0 Å². The predicted octanol–water partition coefficient (Wildman–Crippen LogP) is 2.77. The Labute approximate surface area is 107 Å². The Hall–Kier alpha value is -1.00. The van der Waals surface area contributed by atoms with Gasteiger partial charge in [-0.1, -0.05) is 19.9 Å². The van der Waals surface area contributed by atoms with E-state index in [2.05, 4.69) is 19.2 Å². The third-order valence-electron chi connectivity index (χ3n) is 2.49. The second kappa shape index (κ2) is 8.16. The van der Waals surface area contributed by atoms with Crippen LogP contribution < -0.4 is 5.32 Å². The lowest BCUT2D eigenvalue weighted by atomic mass is 10.1. The minimum Gasteiger partial charge on any atom is -0.380 e. The molecule has 0 unspecified atom stereocenters. The molecule has 0 aliphatic heterocycles. The molecule has 0 aliphatic rings. The molecule has 1 N–H and O–H groups in total. The van der Waals surface area contributed by atoms with Crippen LogP contribution in [0.4, 0.5) is 8.78 Å². The second-order valence-electron chi connectivity index (χ2n) is 4.71. The van der Waals surface area contributed by atoms with E-state index < -0.39 is 11.6 Å². The fourth-order valence-electron chi connectivity index (χ4n) is 1.52. The van der Waals surface area contributed by atoms with Crippen molar-refractivity contribution in [3.05, 3.63) is 35.4 Å². The van der Waals surface area contributed by atoms with Gasteiger partial charge in [-0.25, -0.2) is 8.78 Å². The molecule has 0 spiro atoms. The van der Waals surface area contributed by atoms with Gasteiger partial charge in [0.15, 0.2) is 11.6 Å². The molecule has 0 amide bonds. The largest absolute Gasteiger partial charge is 0.380 e. The van der Waals surface area contributed by atoms with E-state index in [-0.39, 0.29) is 0 Å². The molecule has 0 radical (unpaired) electrons. The summed E-state index contributed by atoms with van der Waals surface area (Å²) >= 11 is 0. The Morgan fingerprint density at radius 3 is 2.61 bits per heavy atom. The summed E-state index contributed by atoms with van der Waals surface area (Å²) in [6.45, 7) is 7.25. The zero-order valence-corrected chi connectivity index (χ0v) is 11.0. The van der Waals surface area contributed by atoms with Gasteiger partial charge in [0.1, 0.15) is 0 Å². The molecule has 1 aromatic rings. The Bertz CT molecular complexity index is 356. The highest BCUT2D eigenvalue weighted by Crippen LogP contribution is 2.09. The predicted molar refractivity (Wildman–Crippen MR) is 68.6 cm³/mol. The minimum atomic E-state index is -0.808. The number of halogens is 2. The molecule has 2 nitrogen and oxygen atoms in total. The first kappa shape index (κ1) is 15.1. The second-order valence-corrected chi connectivity index (χ2v) is 4.71. The number of hydrogen-bond acceptors (Lipinski definition) is 2. The lowest BCUT2D eigenvalue weighted by Gasteiger charge is -2.08. The van der Waals surface area contributed by atoms with Crippen molar-refractivity contribution in [1.29, 1.82) is 0 Å². The van der Waals surface area contributed by atoms with Crippen LogP contribution in [0.1, 0.15) is 19.4 Å². The SMILES string of the molecule is CC(C)CNCCOCCc1ccc(F)c(F)c1. The molecular formula is C14H21F2NO. The monoisotopic (exact) mass is 257 g/mol. The smallest absolute Gasteiger partial charge is 0.159 e. The van der Waals surface area contributed by atoms with Crippen LogP contribution in [-0.4, -0.2) is 26.3 Å². The molecule has 0 heterocycles. The van der Waals surface area contributed by atoms with Crippen molar-refractivity contribution in [2.24, 2.45) is 5.92 Å². The van der Waals surface area contributed by atoms with Gasteiger partial charge >= 0.3 is 0 Å². The topological polar surface area (TPSA) is 21.3 Å². The van der Waals surface area contributed by atoms with Crippen LogP contribution in [0.2, 0.25) is 0 Å². The summed E-state index contributed by atoms with van der Waals surface area (Å²) in [4.78, 5) is 0. The van der Waals surface area contributed by atoms with E-state index in [4.69, 9.17) is 4.74 Å². The van der Waals surface area contributed by atoms with Gasteiger partial charge in [0.25, 0.3) is 0 Å². The third-order valence-corrected chi connectivity index (χ3v) is 2.49. The highest BCUT2D eigenvalue weighted by atomic mass is 19.2. The van der Waals surface area contributed by atoms with Crippen molar-refractivity contribution in [2.75, 3.05) is 26.3 Å². The van der Waals surface area contributed by atoms with E-state index in [0.717, 1.165) is 24.7 Å². The molecule has 0 fully saturated rings. The number of benzene rings is 1. The average Bonchev–Trinajstić information content (AvgIpc) is 2.32. The summed E-state index contributed by atoms with van der Waals surface area (Å²) in [5, 5.41) is 3.27. The van der Waals surface area contributed by atoms with Gasteiger partial charge in [-0.15, -0.1) is 0 Å². The molecule has 0 bridgehead atoms. The summed E-state index contributed by atoms with van der Waals surface area (Å²) < 4.78 is 31.0. The maximum Gasteiger partial charge on any atom is 0.159 e. The Kier molecular flexibility index (Phi) is 6.83. The molecule has 0 atom stereocenters. The van der Waals surface area contributed by atoms with E-state index in [9.17, 15) is 8.78 Å². The summed E-state index contributed by atoms with van der Waals surface area (Å²) in [5.41, 5.74) is 0.754. The Balaban J connectivity index is 2.09. The van der Waals surface area contributed by atoms with Crippen LogP contribution in [0, 0.1) is 17.6 Å². The van der Waals surface area contributed by atoms with E-state index in [0.29, 0.717) is 25.6 Å². The zero-order valence-electron chi connectivity index (χ0n) is 11.0. The summed E-state index contributed by atoms with van der Waals surface area (Å²) in [6, 6.07) is 3.95. The quantitative estimate of drug-likeness (QED) is 0.723. The maximum atomic E-state index is 12.9. The van der Waals surface area contributed by atoms with Gasteiger partial charge in [0, 0.05) is 6.54 Å². The Morgan fingerprint density at radius 1 is 1.17 bits per heavy atom. The van der Waals surface area contributed by atoms with Crippen molar-refractivity contribution in [2.45, 2.75) is 20.3 Å². The average molecular weight is 257 g/mol. The van der Waals surface area contributed by atoms with Crippen molar-refractivity contribution in [3.63, 3.8) is 0 Å². The summed E-state index contributed by atoms with van der Waals surface area (Å²) in [6.07, 6.45) is 0.599. The van der Waals surface area contributed by atoms with E-state index in [1.807, 2.05) is 0 Å². The summed E-state index contributed by atoms with van der Waals surface area (Å²) in [7, 11) is 0. The van der Waals surface area contributed by atoms with Crippen LogP contribution in [0.25, 0.3) is 0 Å². The molecule has 1 rings (SSSR count). The first-order chi connectivity index (χ1) is 8.59. The molecule has 18 heavy (non-hydrogen) atoms. The molecule has 0 saturated carbocycles. The maximum absolute atomic E-state index is 12.9. The van der Waals surface area contributed by atoms with E-state index in [1.54, 1.807) is 6.07 Å². The molecular weight excluding hydrogens is 236 g/mol. The molecule has 0 saturated heterocycles. The highest BCUT2D eigenvalue weighted by Gasteiger charge is 2.02. The summed E-state index contributed by atoms with van der Waals surface area (Å²) in [5.74, 6) is -0.976. The molecule has 1 aromatic carbocycles. The first-order valence-electron chi connectivity index (χ1n) is 6.32. The van der Waals surface area contributed by atoms with Crippen LogP contribution in [0.3, 0.4) is 0 Å². The van der Waals surface area contributed by atoms with Crippen molar-refractivity contribution >= 4 is 0 Å². The number of ether oxygens (including phenoxy) is 1. The van der Waals surface area contributed by atoms with Gasteiger partial charge in [-0.05, 0) is 36.6 Å². The third kappa shape index (κ3) is 6.07. The fraction of sp³-hybridized carbons (Fsp3) is 0.571. The first-order valence-corrected chi connectivity index (χ1v) is 6.32. The Morgan fingerprint density at radius 2 is 1.94 bits per heavy atom. The molecule has 4 heteroatoms. The van der Waals surface area contributed by atoms with E-state index in [1.165, 1.54) is 6.07 Å². The van der Waals surface area contributed by atoms with Crippen LogP contribution in [0.5, 0.6) is 0 Å². The normalized spacial score (nSPS) is 11.2. The van der Waals surface area contributed by atoms with Crippen LogP contribution in [-0.2, 0) is 11.2 Å². The van der Waals surface area contributed by atoms with Gasteiger partial charge in [-0.3, -0.25) is 0 Å². The highest BCUT2D eigenvalue weighted by molar-refractivity contribution is 5.17. The lowest BCUT2D eigenvalue weighted by Crippen LogP contribution is -2.24. The molecule has 0 aliphatic carbocycles. The molecule has 102 valence electrons. The fourth-order valence-corrected chi connectivity index (χ4v) is 1.52. The van der Waals surface area contributed by atoms with Crippen molar-refractivity contribution in [3.8, 4) is 0 Å². The number of hydrogen-bond donors (Lipinski definition) is 1. The number of nitrogens with one attached hydrogen (secondary N) is 1. The van der Waals surface area contributed by atoms with Crippen molar-refractivity contribution < 1.29 is 13.5 Å². The zero-order chi connectivity index (χ0) is 13.4. The van der Waals surface area contributed by atoms with Gasteiger partial charge in [-0.2, -0.15) is 0 Å². The minimum absolute atomic E-state index is 0.522. The van der Waals surface area contributed by atoms with Gasteiger partial charge < -0.3 is 10.1 Å². The van der Waals surface area contributed by atoms with Crippen molar-refractivity contribution in [1.82, 2.24) is 5.32 Å². The standard InChI is InChI=1S/C14H21F2NO/c1-11(2)10-17-6-8-18-7-5-12-3-4-13(15)14(16)9-12/h3-4,9,11,17H,5-8,10H2,1-2H3.